The van der Waals surface area contributed by atoms with Crippen LogP contribution in [0.25, 0.3) is 0 Å². The molecule has 1 saturated carbocycles. The smallest absolute Gasteiger partial charge is 0.230 e. The van der Waals surface area contributed by atoms with Crippen LogP contribution in [0.2, 0.25) is 0 Å². The van der Waals surface area contributed by atoms with Crippen molar-refractivity contribution in [1.82, 2.24) is 4.90 Å². The minimum Gasteiger partial charge on any atom is -0.342 e. The zero-order valence-corrected chi connectivity index (χ0v) is 12.8. The second-order valence-electron chi connectivity index (χ2n) is 6.70. The highest BCUT2D eigenvalue weighted by Crippen LogP contribution is 2.43. The molecule has 4 nitrogen and oxygen atoms in total. The zero-order valence-electron chi connectivity index (χ0n) is 12.8. The van der Waals surface area contributed by atoms with E-state index in [1.54, 1.807) is 0 Å². The normalized spacial score (nSPS) is 26.7. The molecule has 0 aromatic heterocycles. The fourth-order valence-electron chi connectivity index (χ4n) is 3.86. The van der Waals surface area contributed by atoms with E-state index in [2.05, 4.69) is 6.07 Å². The van der Waals surface area contributed by atoms with Crippen molar-refractivity contribution in [3.63, 3.8) is 0 Å². The molecule has 2 aliphatic heterocycles. The van der Waals surface area contributed by atoms with Gasteiger partial charge in [-0.2, -0.15) is 0 Å². The highest BCUT2D eigenvalue weighted by atomic mass is 16.2. The molecular weight excluding hydrogens is 276 g/mol. The molecule has 1 aromatic carbocycles. The molecule has 22 heavy (non-hydrogen) atoms. The molecule has 2 amide bonds. The molecule has 4 rings (SSSR count). The van der Waals surface area contributed by atoms with Crippen LogP contribution in [0.4, 0.5) is 5.69 Å². The number of fused-ring (bicyclic) bond motifs is 1. The fraction of sp³-hybridized carbons (Fsp3) is 0.556. The van der Waals surface area contributed by atoms with Crippen molar-refractivity contribution < 1.29 is 9.59 Å². The molecule has 0 radical (unpaired) electrons. The van der Waals surface area contributed by atoms with Gasteiger partial charge in [0.2, 0.25) is 11.8 Å². The molecular formula is C18H22N2O2. The number of amides is 2. The van der Waals surface area contributed by atoms with Crippen molar-refractivity contribution >= 4 is 17.5 Å². The van der Waals surface area contributed by atoms with E-state index in [-0.39, 0.29) is 23.7 Å². The number of nitrogens with zero attached hydrogens (tertiary/aromatic N) is 2. The molecule has 0 N–H and O–H groups in total. The second-order valence-corrected chi connectivity index (χ2v) is 6.70. The van der Waals surface area contributed by atoms with Gasteiger partial charge >= 0.3 is 0 Å². The topological polar surface area (TPSA) is 40.6 Å². The van der Waals surface area contributed by atoms with Crippen LogP contribution < -0.4 is 4.90 Å². The Kier molecular flexibility index (Phi) is 3.40. The summed E-state index contributed by atoms with van der Waals surface area (Å²) >= 11 is 0. The van der Waals surface area contributed by atoms with Gasteiger partial charge < -0.3 is 9.80 Å². The summed E-state index contributed by atoms with van der Waals surface area (Å²) in [4.78, 5) is 29.1. The minimum atomic E-state index is -0.0828. The lowest BCUT2D eigenvalue weighted by atomic mass is 10.1. The standard InChI is InChI=1S/C18H22N2O2/c21-17(19-9-4-1-5-10-19)14-12-15(14)18(22)20-11-8-13-6-2-3-7-16(13)20/h2-3,6-7,14-15H,1,4-5,8-12H2. The molecule has 1 saturated heterocycles. The Bertz CT molecular complexity index is 607. The largest absolute Gasteiger partial charge is 0.342 e. The molecule has 2 fully saturated rings. The van der Waals surface area contributed by atoms with E-state index >= 15 is 0 Å². The third-order valence-electron chi connectivity index (χ3n) is 5.25. The van der Waals surface area contributed by atoms with Crippen LogP contribution in [0, 0.1) is 11.8 Å². The van der Waals surface area contributed by atoms with Gasteiger partial charge in [-0.3, -0.25) is 9.59 Å². The predicted octanol–water partition coefficient (Wildman–Crippen LogP) is 2.22. The Morgan fingerprint density at radius 3 is 2.45 bits per heavy atom. The lowest BCUT2D eigenvalue weighted by molar-refractivity contribution is -0.135. The SMILES string of the molecule is O=C(C1CC1C(=O)N1CCc2ccccc21)N1CCCCC1. The Hall–Kier alpha value is -1.84. The number of rotatable bonds is 2. The summed E-state index contributed by atoms with van der Waals surface area (Å²) in [5.41, 5.74) is 2.29. The Balaban J connectivity index is 1.42. The van der Waals surface area contributed by atoms with Crippen LogP contribution in [0.15, 0.2) is 24.3 Å². The number of hydrogen-bond acceptors (Lipinski definition) is 2. The molecule has 4 heteroatoms. The van der Waals surface area contributed by atoms with Crippen molar-refractivity contribution in [3.05, 3.63) is 29.8 Å². The van der Waals surface area contributed by atoms with Crippen molar-refractivity contribution in [2.45, 2.75) is 32.1 Å². The van der Waals surface area contributed by atoms with E-state index in [4.69, 9.17) is 0 Å². The molecule has 2 heterocycles. The number of hydrogen-bond donors (Lipinski definition) is 0. The third kappa shape index (κ3) is 2.31. The monoisotopic (exact) mass is 298 g/mol. The van der Waals surface area contributed by atoms with Crippen LogP contribution in [-0.2, 0) is 16.0 Å². The number of piperidine rings is 1. The average molecular weight is 298 g/mol. The van der Waals surface area contributed by atoms with E-state index in [1.807, 2.05) is 28.0 Å². The molecule has 116 valence electrons. The van der Waals surface area contributed by atoms with E-state index in [9.17, 15) is 9.59 Å². The molecule has 1 aromatic rings. The molecule has 1 aliphatic carbocycles. The van der Waals surface area contributed by atoms with Gasteiger partial charge in [0.05, 0.1) is 11.8 Å². The van der Waals surface area contributed by atoms with Gasteiger partial charge in [-0.25, -0.2) is 0 Å². The molecule has 2 unspecified atom stereocenters. The van der Waals surface area contributed by atoms with Gasteiger partial charge in [0.15, 0.2) is 0 Å². The quantitative estimate of drug-likeness (QED) is 0.840. The summed E-state index contributed by atoms with van der Waals surface area (Å²) in [6, 6.07) is 8.11. The average Bonchev–Trinajstić information content (AvgIpc) is 3.26. The lowest BCUT2D eigenvalue weighted by Crippen LogP contribution is -2.38. The van der Waals surface area contributed by atoms with E-state index in [1.165, 1.54) is 12.0 Å². The first-order valence-corrected chi connectivity index (χ1v) is 8.44. The third-order valence-corrected chi connectivity index (χ3v) is 5.25. The Morgan fingerprint density at radius 2 is 1.64 bits per heavy atom. The van der Waals surface area contributed by atoms with Crippen molar-refractivity contribution in [2.75, 3.05) is 24.5 Å². The van der Waals surface area contributed by atoms with E-state index < -0.39 is 0 Å². The van der Waals surface area contributed by atoms with Gasteiger partial charge in [-0.05, 0) is 43.7 Å². The summed E-state index contributed by atoms with van der Waals surface area (Å²) in [6.07, 6.45) is 5.11. The summed E-state index contributed by atoms with van der Waals surface area (Å²) in [6.45, 7) is 2.52. The highest BCUT2D eigenvalue weighted by Gasteiger charge is 2.51. The molecule has 2 atom stereocenters. The van der Waals surface area contributed by atoms with Crippen LogP contribution in [0.3, 0.4) is 0 Å². The fourth-order valence-corrected chi connectivity index (χ4v) is 3.86. The number of para-hydroxylation sites is 1. The highest BCUT2D eigenvalue weighted by molar-refractivity contribution is 6.02. The molecule has 0 bridgehead atoms. The van der Waals surface area contributed by atoms with Crippen LogP contribution >= 0.6 is 0 Å². The minimum absolute atomic E-state index is 0.0571. The number of carbonyl (C=O) groups excluding carboxylic acids is 2. The van der Waals surface area contributed by atoms with Gasteiger partial charge in [0.1, 0.15) is 0 Å². The number of benzene rings is 1. The summed E-state index contributed by atoms with van der Waals surface area (Å²) in [5.74, 6) is 0.227. The number of anilines is 1. The van der Waals surface area contributed by atoms with Crippen LogP contribution in [0.5, 0.6) is 0 Å². The van der Waals surface area contributed by atoms with E-state index in [0.29, 0.717) is 0 Å². The lowest BCUT2D eigenvalue weighted by Gasteiger charge is -2.27. The first kappa shape index (κ1) is 13.8. The maximum absolute atomic E-state index is 12.7. The van der Waals surface area contributed by atoms with Gasteiger partial charge in [0, 0.05) is 25.3 Å². The molecule has 0 spiro atoms. The first-order valence-electron chi connectivity index (χ1n) is 8.44. The summed E-state index contributed by atoms with van der Waals surface area (Å²) in [5, 5.41) is 0. The van der Waals surface area contributed by atoms with Gasteiger partial charge in [0.25, 0.3) is 0 Å². The Morgan fingerprint density at radius 1 is 0.909 bits per heavy atom. The van der Waals surface area contributed by atoms with Crippen LogP contribution in [-0.4, -0.2) is 36.3 Å². The van der Waals surface area contributed by atoms with Crippen LogP contribution in [0.1, 0.15) is 31.2 Å². The van der Waals surface area contributed by atoms with Crippen molar-refractivity contribution in [3.8, 4) is 0 Å². The zero-order chi connectivity index (χ0) is 15.1. The van der Waals surface area contributed by atoms with Gasteiger partial charge in [-0.1, -0.05) is 18.2 Å². The van der Waals surface area contributed by atoms with Gasteiger partial charge in [-0.15, -0.1) is 0 Å². The molecule has 3 aliphatic rings. The Labute approximate surface area is 131 Å². The maximum atomic E-state index is 12.7. The maximum Gasteiger partial charge on any atom is 0.230 e. The second kappa shape index (κ2) is 5.41. The van der Waals surface area contributed by atoms with E-state index in [0.717, 1.165) is 51.0 Å². The number of likely N-dealkylation sites (tertiary alicyclic amines) is 1. The summed E-state index contributed by atoms with van der Waals surface area (Å²) < 4.78 is 0. The van der Waals surface area contributed by atoms with Crippen molar-refractivity contribution in [1.29, 1.82) is 0 Å². The number of carbonyl (C=O) groups is 2. The predicted molar refractivity (Wildman–Crippen MR) is 84.5 cm³/mol. The first-order chi connectivity index (χ1) is 10.8. The summed E-state index contributed by atoms with van der Waals surface area (Å²) in [7, 11) is 0. The van der Waals surface area contributed by atoms with Crippen molar-refractivity contribution in [2.24, 2.45) is 11.8 Å².